The van der Waals surface area contributed by atoms with Gasteiger partial charge in [-0.2, -0.15) is 18.4 Å². The van der Waals surface area contributed by atoms with E-state index in [4.69, 9.17) is 5.26 Å². The molecule has 0 bridgehead atoms. The van der Waals surface area contributed by atoms with Gasteiger partial charge in [0.1, 0.15) is 17.6 Å². The van der Waals surface area contributed by atoms with Crippen molar-refractivity contribution in [2.75, 3.05) is 29.9 Å². The molecule has 3 heterocycles. The van der Waals surface area contributed by atoms with Gasteiger partial charge in [0.05, 0.1) is 5.56 Å². The summed E-state index contributed by atoms with van der Waals surface area (Å²) in [7, 11) is 0. The van der Waals surface area contributed by atoms with Gasteiger partial charge in [-0.05, 0) is 30.5 Å². The van der Waals surface area contributed by atoms with Crippen molar-refractivity contribution in [1.82, 2.24) is 15.0 Å². The Balaban J connectivity index is 1.57. The SMILES string of the molecule is N#Cc1ccc(NC[C@H]2CCN(c3nccc(C(F)(F)F)n3)C2)nc1. The molecule has 3 rings (SSSR count). The Bertz CT molecular complexity index is 769. The smallest absolute Gasteiger partial charge is 0.370 e. The summed E-state index contributed by atoms with van der Waals surface area (Å²) in [4.78, 5) is 13.5. The summed E-state index contributed by atoms with van der Waals surface area (Å²) in [5, 5.41) is 11.9. The highest BCUT2D eigenvalue weighted by Gasteiger charge is 2.34. The van der Waals surface area contributed by atoms with Crippen LogP contribution in [-0.4, -0.2) is 34.6 Å². The van der Waals surface area contributed by atoms with Crippen LogP contribution in [0.4, 0.5) is 24.9 Å². The van der Waals surface area contributed by atoms with E-state index < -0.39 is 11.9 Å². The second-order valence-corrected chi connectivity index (χ2v) is 5.77. The minimum absolute atomic E-state index is 0.105. The molecule has 6 nitrogen and oxygen atoms in total. The first-order valence-electron chi connectivity index (χ1n) is 7.71. The fourth-order valence-electron chi connectivity index (χ4n) is 2.65. The van der Waals surface area contributed by atoms with Crippen molar-refractivity contribution < 1.29 is 13.2 Å². The summed E-state index contributed by atoms with van der Waals surface area (Å²) in [6, 6.07) is 6.27. The average molecular weight is 348 g/mol. The third-order valence-electron chi connectivity index (χ3n) is 3.97. The number of hydrogen-bond acceptors (Lipinski definition) is 6. The maximum Gasteiger partial charge on any atom is 0.433 e. The number of hydrogen-bond donors (Lipinski definition) is 1. The van der Waals surface area contributed by atoms with E-state index in [9.17, 15) is 13.2 Å². The molecular weight excluding hydrogens is 333 g/mol. The predicted molar refractivity (Wildman–Crippen MR) is 84.8 cm³/mol. The molecule has 1 atom stereocenters. The van der Waals surface area contributed by atoms with Gasteiger partial charge in [0.2, 0.25) is 5.95 Å². The third kappa shape index (κ3) is 4.15. The standard InChI is InChI=1S/C16H15F3N6/c17-16(18,19)13-3-5-21-15(24-13)25-6-4-12(10-25)9-23-14-2-1-11(7-20)8-22-14/h1-3,5,8,12H,4,6,9-10H2,(H,22,23)/t12-/m1/s1. The molecular formula is C16H15F3N6. The molecule has 0 unspecified atom stereocenters. The van der Waals surface area contributed by atoms with Crippen LogP contribution < -0.4 is 10.2 Å². The normalized spacial score (nSPS) is 17.4. The Morgan fingerprint density at radius 2 is 2.12 bits per heavy atom. The number of nitrogens with one attached hydrogen (secondary N) is 1. The van der Waals surface area contributed by atoms with Gasteiger partial charge >= 0.3 is 6.18 Å². The number of nitriles is 1. The van der Waals surface area contributed by atoms with Crippen LogP contribution in [0.5, 0.6) is 0 Å². The molecule has 0 spiro atoms. The highest BCUT2D eigenvalue weighted by atomic mass is 19.4. The highest BCUT2D eigenvalue weighted by molar-refractivity contribution is 5.39. The average Bonchev–Trinajstić information content (AvgIpc) is 3.09. The van der Waals surface area contributed by atoms with Gasteiger partial charge in [0, 0.05) is 32.0 Å². The molecule has 2 aromatic heterocycles. The molecule has 0 saturated carbocycles. The van der Waals surface area contributed by atoms with Gasteiger partial charge in [-0.25, -0.2) is 15.0 Å². The van der Waals surface area contributed by atoms with E-state index in [0.29, 0.717) is 31.0 Å². The molecule has 1 aliphatic rings. The molecule has 9 heteroatoms. The van der Waals surface area contributed by atoms with E-state index in [0.717, 1.165) is 18.7 Å². The third-order valence-corrected chi connectivity index (χ3v) is 3.97. The van der Waals surface area contributed by atoms with E-state index in [1.807, 2.05) is 6.07 Å². The molecule has 0 amide bonds. The second kappa shape index (κ2) is 6.93. The van der Waals surface area contributed by atoms with E-state index >= 15 is 0 Å². The molecule has 2 aromatic rings. The first-order valence-corrected chi connectivity index (χ1v) is 7.71. The first-order chi connectivity index (χ1) is 12.0. The van der Waals surface area contributed by atoms with Crippen LogP contribution in [0.3, 0.4) is 0 Å². The number of alkyl halides is 3. The maximum atomic E-state index is 12.7. The van der Waals surface area contributed by atoms with Crippen molar-refractivity contribution in [3.05, 3.63) is 41.9 Å². The Hall–Kier alpha value is -2.89. The maximum absolute atomic E-state index is 12.7. The fraction of sp³-hybridized carbons (Fsp3) is 0.375. The lowest BCUT2D eigenvalue weighted by molar-refractivity contribution is -0.141. The minimum atomic E-state index is -4.47. The van der Waals surface area contributed by atoms with Crippen LogP contribution in [0.15, 0.2) is 30.6 Å². The Morgan fingerprint density at radius 3 is 2.80 bits per heavy atom. The van der Waals surface area contributed by atoms with Crippen molar-refractivity contribution in [3.63, 3.8) is 0 Å². The zero-order valence-corrected chi connectivity index (χ0v) is 13.2. The van der Waals surface area contributed by atoms with E-state index in [1.165, 1.54) is 6.20 Å². The predicted octanol–water partition coefficient (Wildman–Crippen LogP) is 2.70. The van der Waals surface area contributed by atoms with E-state index in [1.54, 1.807) is 17.0 Å². The molecule has 1 N–H and O–H groups in total. The van der Waals surface area contributed by atoms with Crippen LogP contribution in [0.2, 0.25) is 0 Å². The Labute approximate surface area is 142 Å². The molecule has 1 fully saturated rings. The van der Waals surface area contributed by atoms with Gasteiger partial charge in [-0.1, -0.05) is 0 Å². The highest BCUT2D eigenvalue weighted by Crippen LogP contribution is 2.29. The summed E-state index contributed by atoms with van der Waals surface area (Å²) in [6.45, 7) is 1.81. The van der Waals surface area contributed by atoms with Gasteiger partial charge in [-0.15, -0.1) is 0 Å². The van der Waals surface area contributed by atoms with Crippen LogP contribution in [0.25, 0.3) is 0 Å². The van der Waals surface area contributed by atoms with Gasteiger partial charge in [0.25, 0.3) is 0 Å². The summed E-state index contributed by atoms with van der Waals surface area (Å²) in [5.74, 6) is 1.01. The summed E-state index contributed by atoms with van der Waals surface area (Å²) in [6.07, 6.45) is -1.03. The van der Waals surface area contributed by atoms with Crippen molar-refractivity contribution in [2.45, 2.75) is 12.6 Å². The monoisotopic (exact) mass is 348 g/mol. The molecule has 0 radical (unpaired) electrons. The lowest BCUT2D eigenvalue weighted by atomic mass is 10.1. The summed E-state index contributed by atoms with van der Waals surface area (Å²) < 4.78 is 38.2. The van der Waals surface area contributed by atoms with Crippen LogP contribution >= 0.6 is 0 Å². The van der Waals surface area contributed by atoms with E-state index in [-0.39, 0.29) is 11.9 Å². The largest absolute Gasteiger partial charge is 0.433 e. The lowest BCUT2D eigenvalue weighted by Gasteiger charge is -2.17. The molecule has 0 aliphatic carbocycles. The second-order valence-electron chi connectivity index (χ2n) is 5.77. The van der Waals surface area contributed by atoms with Crippen LogP contribution in [0, 0.1) is 17.2 Å². The molecule has 0 aromatic carbocycles. The van der Waals surface area contributed by atoms with Crippen molar-refractivity contribution in [2.24, 2.45) is 5.92 Å². The Kier molecular flexibility index (Phi) is 4.70. The molecule has 130 valence electrons. The lowest BCUT2D eigenvalue weighted by Crippen LogP contribution is -2.25. The first kappa shape index (κ1) is 17.0. The van der Waals surface area contributed by atoms with Crippen LogP contribution in [-0.2, 0) is 6.18 Å². The van der Waals surface area contributed by atoms with Crippen molar-refractivity contribution in [3.8, 4) is 6.07 Å². The van der Waals surface area contributed by atoms with Gasteiger partial charge in [-0.3, -0.25) is 0 Å². The number of nitrogens with zero attached hydrogens (tertiary/aromatic N) is 5. The summed E-state index contributed by atoms with van der Waals surface area (Å²) >= 11 is 0. The zero-order valence-electron chi connectivity index (χ0n) is 13.2. The number of anilines is 2. The van der Waals surface area contributed by atoms with Gasteiger partial charge < -0.3 is 10.2 Å². The fourth-order valence-corrected chi connectivity index (χ4v) is 2.65. The van der Waals surface area contributed by atoms with Crippen molar-refractivity contribution in [1.29, 1.82) is 5.26 Å². The number of aromatic nitrogens is 3. The number of halogens is 3. The zero-order chi connectivity index (χ0) is 17.9. The minimum Gasteiger partial charge on any atom is -0.370 e. The Morgan fingerprint density at radius 1 is 1.28 bits per heavy atom. The van der Waals surface area contributed by atoms with Crippen molar-refractivity contribution >= 4 is 11.8 Å². The quantitative estimate of drug-likeness (QED) is 0.915. The molecule has 1 aliphatic heterocycles. The number of pyridine rings is 1. The summed E-state index contributed by atoms with van der Waals surface area (Å²) in [5.41, 5.74) is -0.444. The molecule has 1 saturated heterocycles. The van der Waals surface area contributed by atoms with E-state index in [2.05, 4.69) is 20.3 Å². The van der Waals surface area contributed by atoms with Crippen LogP contribution in [0.1, 0.15) is 17.7 Å². The number of rotatable bonds is 4. The van der Waals surface area contributed by atoms with Gasteiger partial charge in [0.15, 0.2) is 0 Å². The topological polar surface area (TPSA) is 77.7 Å². The molecule has 25 heavy (non-hydrogen) atoms.